The third-order valence-electron chi connectivity index (χ3n) is 6.40. The fourth-order valence-corrected chi connectivity index (χ4v) is 4.49. The minimum absolute atomic E-state index is 0.0824. The van der Waals surface area contributed by atoms with Crippen LogP contribution in [0.3, 0.4) is 0 Å². The van der Waals surface area contributed by atoms with Gasteiger partial charge in [-0.25, -0.2) is 9.78 Å². The number of piperidine rings is 1. The summed E-state index contributed by atoms with van der Waals surface area (Å²) in [5, 5.41) is 5.97. The molecule has 2 aromatic carbocycles. The van der Waals surface area contributed by atoms with Crippen LogP contribution in [-0.2, 0) is 4.79 Å². The molecule has 0 bridgehead atoms. The first kappa shape index (κ1) is 21.3. The number of ether oxygens (including phenoxy) is 1. The molecular formula is C25H28N4O4. The topological polar surface area (TPSA) is 96.7 Å². The lowest BCUT2D eigenvalue weighted by molar-refractivity contribution is -0.123. The Morgan fingerprint density at radius 3 is 2.97 bits per heavy atom. The second-order valence-electron chi connectivity index (χ2n) is 8.74. The number of anilines is 1. The summed E-state index contributed by atoms with van der Waals surface area (Å²) in [6.45, 7) is 5.13. The van der Waals surface area contributed by atoms with Gasteiger partial charge in [-0.2, -0.15) is 0 Å². The molecular weight excluding hydrogens is 420 g/mol. The zero-order valence-electron chi connectivity index (χ0n) is 18.8. The number of urea groups is 1. The number of aromatic nitrogens is 1. The molecule has 3 atom stereocenters. The van der Waals surface area contributed by atoms with Crippen LogP contribution >= 0.6 is 0 Å². The minimum atomic E-state index is -0.491. The second-order valence-corrected chi connectivity index (χ2v) is 8.74. The number of amides is 3. The Morgan fingerprint density at radius 2 is 2.15 bits per heavy atom. The quantitative estimate of drug-likeness (QED) is 0.609. The van der Waals surface area contributed by atoms with Crippen molar-refractivity contribution < 1.29 is 18.7 Å². The highest BCUT2D eigenvalue weighted by molar-refractivity contribution is 5.97. The van der Waals surface area contributed by atoms with E-state index in [2.05, 4.69) is 15.6 Å². The predicted octanol–water partition coefficient (Wildman–Crippen LogP) is 4.59. The van der Waals surface area contributed by atoms with Gasteiger partial charge >= 0.3 is 6.03 Å². The number of oxazole rings is 1. The van der Waals surface area contributed by atoms with Crippen molar-refractivity contribution in [1.29, 1.82) is 0 Å². The summed E-state index contributed by atoms with van der Waals surface area (Å²) in [6.07, 6.45) is 1.95. The van der Waals surface area contributed by atoms with Crippen LogP contribution in [0.25, 0.3) is 11.1 Å². The molecule has 0 aliphatic carbocycles. The summed E-state index contributed by atoms with van der Waals surface area (Å²) in [5.41, 5.74) is 3.20. The van der Waals surface area contributed by atoms with Gasteiger partial charge in [0.2, 0.25) is 0 Å². The molecule has 33 heavy (non-hydrogen) atoms. The Hall–Kier alpha value is -3.55. The van der Waals surface area contributed by atoms with Crippen LogP contribution in [0.4, 0.5) is 10.5 Å². The second kappa shape index (κ2) is 8.77. The molecule has 1 aromatic heterocycles. The Labute approximate surface area is 192 Å². The minimum Gasteiger partial charge on any atom is -0.478 e. The number of hydrogen-bond donors (Lipinski definition) is 2. The highest BCUT2D eigenvalue weighted by Gasteiger charge is 2.30. The number of carbonyl (C=O) groups is 2. The predicted molar refractivity (Wildman–Crippen MR) is 124 cm³/mol. The lowest BCUT2D eigenvalue weighted by atomic mass is 9.98. The molecule has 1 fully saturated rings. The fourth-order valence-electron chi connectivity index (χ4n) is 4.49. The van der Waals surface area contributed by atoms with Gasteiger partial charge in [-0.3, -0.25) is 4.79 Å². The SMILES string of the molecule is CCC1Oc2cc(C(C)NC(=O)N3CCCC(c4nc5ccccc5o4)C3)ccc2NC1=O. The maximum Gasteiger partial charge on any atom is 0.317 e. The van der Waals surface area contributed by atoms with Crippen LogP contribution in [0.5, 0.6) is 5.75 Å². The van der Waals surface area contributed by atoms with Crippen molar-refractivity contribution in [2.45, 2.75) is 51.2 Å². The number of nitrogens with zero attached hydrogens (tertiary/aromatic N) is 2. The molecule has 3 amide bonds. The molecule has 3 unspecified atom stereocenters. The average Bonchev–Trinajstić information content (AvgIpc) is 3.28. The molecule has 0 radical (unpaired) electrons. The Balaban J connectivity index is 1.25. The van der Waals surface area contributed by atoms with Gasteiger partial charge in [0, 0.05) is 13.1 Å². The van der Waals surface area contributed by atoms with Crippen molar-refractivity contribution in [2.24, 2.45) is 0 Å². The summed E-state index contributed by atoms with van der Waals surface area (Å²) in [5.74, 6) is 1.28. The summed E-state index contributed by atoms with van der Waals surface area (Å²) in [6, 6.07) is 13.0. The van der Waals surface area contributed by atoms with E-state index in [1.54, 1.807) is 0 Å². The van der Waals surface area contributed by atoms with Crippen molar-refractivity contribution in [3.63, 3.8) is 0 Å². The van der Waals surface area contributed by atoms with E-state index >= 15 is 0 Å². The number of benzene rings is 2. The highest BCUT2D eigenvalue weighted by atomic mass is 16.5. The maximum absolute atomic E-state index is 13.0. The number of rotatable bonds is 4. The van der Waals surface area contributed by atoms with Crippen LogP contribution in [0.2, 0.25) is 0 Å². The van der Waals surface area contributed by atoms with E-state index in [0.717, 1.165) is 29.5 Å². The standard InChI is InChI=1S/C25H28N4O4/c1-3-20-23(30)27-19-11-10-16(13-22(19)32-20)15(2)26-25(31)29-12-6-7-17(14-29)24-28-18-8-4-5-9-21(18)33-24/h4-5,8-11,13,15,17,20H,3,6-7,12,14H2,1-2H3,(H,26,31)(H,27,30). The Morgan fingerprint density at radius 1 is 1.30 bits per heavy atom. The average molecular weight is 449 g/mol. The van der Waals surface area contributed by atoms with Gasteiger partial charge in [-0.05, 0) is 56.0 Å². The van der Waals surface area contributed by atoms with E-state index in [4.69, 9.17) is 9.15 Å². The van der Waals surface area contributed by atoms with E-state index in [-0.39, 0.29) is 23.9 Å². The molecule has 172 valence electrons. The van der Waals surface area contributed by atoms with Crippen LogP contribution in [-0.4, -0.2) is 41.0 Å². The number of fused-ring (bicyclic) bond motifs is 2. The lowest BCUT2D eigenvalue weighted by Crippen LogP contribution is -2.45. The van der Waals surface area contributed by atoms with E-state index in [0.29, 0.717) is 36.8 Å². The molecule has 0 saturated carbocycles. The largest absolute Gasteiger partial charge is 0.478 e. The van der Waals surface area contributed by atoms with Gasteiger partial charge < -0.3 is 24.7 Å². The molecule has 8 heteroatoms. The molecule has 2 aliphatic rings. The summed E-state index contributed by atoms with van der Waals surface area (Å²) >= 11 is 0. The summed E-state index contributed by atoms with van der Waals surface area (Å²) in [7, 11) is 0. The fraction of sp³-hybridized carbons (Fsp3) is 0.400. The van der Waals surface area contributed by atoms with Crippen LogP contribution in [0.1, 0.15) is 56.5 Å². The van der Waals surface area contributed by atoms with Crippen LogP contribution < -0.4 is 15.4 Å². The van der Waals surface area contributed by atoms with Crippen molar-refractivity contribution in [1.82, 2.24) is 15.2 Å². The summed E-state index contributed by atoms with van der Waals surface area (Å²) in [4.78, 5) is 31.5. The third kappa shape index (κ3) is 4.25. The number of likely N-dealkylation sites (tertiary alicyclic amines) is 1. The zero-order chi connectivity index (χ0) is 22.9. The van der Waals surface area contributed by atoms with Crippen LogP contribution in [0, 0.1) is 0 Å². The van der Waals surface area contributed by atoms with Gasteiger partial charge in [-0.1, -0.05) is 25.1 Å². The number of nitrogens with one attached hydrogen (secondary N) is 2. The Bertz CT molecular complexity index is 1160. The number of para-hydroxylation sites is 2. The van der Waals surface area contributed by atoms with E-state index in [9.17, 15) is 9.59 Å². The zero-order valence-corrected chi connectivity index (χ0v) is 18.8. The van der Waals surface area contributed by atoms with Crippen LogP contribution in [0.15, 0.2) is 46.9 Å². The highest BCUT2D eigenvalue weighted by Crippen LogP contribution is 2.33. The van der Waals surface area contributed by atoms with Gasteiger partial charge in [0.1, 0.15) is 11.3 Å². The Kier molecular flexibility index (Phi) is 5.66. The van der Waals surface area contributed by atoms with E-state index in [1.165, 1.54) is 0 Å². The van der Waals surface area contributed by atoms with Gasteiger partial charge in [0.05, 0.1) is 17.6 Å². The first-order valence-corrected chi connectivity index (χ1v) is 11.5. The number of hydrogen-bond acceptors (Lipinski definition) is 5. The van der Waals surface area contributed by atoms with Crippen molar-refractivity contribution in [3.05, 3.63) is 53.9 Å². The van der Waals surface area contributed by atoms with Gasteiger partial charge in [0.25, 0.3) is 5.91 Å². The van der Waals surface area contributed by atoms with Crippen molar-refractivity contribution in [2.75, 3.05) is 18.4 Å². The molecule has 3 aromatic rings. The first-order chi connectivity index (χ1) is 16.0. The first-order valence-electron chi connectivity index (χ1n) is 11.5. The smallest absolute Gasteiger partial charge is 0.317 e. The monoisotopic (exact) mass is 448 g/mol. The summed E-state index contributed by atoms with van der Waals surface area (Å²) < 4.78 is 11.8. The van der Waals surface area contributed by atoms with E-state index in [1.807, 2.05) is 61.2 Å². The van der Waals surface area contributed by atoms with Gasteiger partial charge in [0.15, 0.2) is 17.6 Å². The van der Waals surface area contributed by atoms with Crippen molar-refractivity contribution >= 4 is 28.7 Å². The lowest BCUT2D eigenvalue weighted by Gasteiger charge is -2.32. The molecule has 0 spiro atoms. The normalized spacial score (nSPS) is 21.2. The maximum atomic E-state index is 13.0. The van der Waals surface area contributed by atoms with E-state index < -0.39 is 6.10 Å². The van der Waals surface area contributed by atoms with Gasteiger partial charge in [-0.15, -0.1) is 0 Å². The molecule has 8 nitrogen and oxygen atoms in total. The molecule has 1 saturated heterocycles. The molecule has 2 N–H and O–H groups in total. The molecule has 3 heterocycles. The third-order valence-corrected chi connectivity index (χ3v) is 6.40. The van der Waals surface area contributed by atoms with Crippen molar-refractivity contribution in [3.8, 4) is 5.75 Å². The molecule has 5 rings (SSSR count). The molecule has 2 aliphatic heterocycles. The number of carbonyl (C=O) groups excluding carboxylic acids is 2.